The third-order valence-electron chi connectivity index (χ3n) is 5.42. The van der Waals surface area contributed by atoms with Gasteiger partial charge in [0, 0.05) is 25.8 Å². The van der Waals surface area contributed by atoms with Crippen molar-refractivity contribution in [3.63, 3.8) is 0 Å². The number of para-hydroxylation sites is 2. The van der Waals surface area contributed by atoms with Crippen LogP contribution in [0.15, 0.2) is 48.8 Å². The molecule has 1 saturated heterocycles. The molecule has 1 aromatic carbocycles. The van der Waals surface area contributed by atoms with Crippen molar-refractivity contribution in [2.45, 2.75) is 25.7 Å². The zero-order valence-electron chi connectivity index (χ0n) is 15.0. The van der Waals surface area contributed by atoms with Gasteiger partial charge in [0.25, 0.3) is 0 Å². The Morgan fingerprint density at radius 3 is 2.44 bits per heavy atom. The quantitative estimate of drug-likeness (QED) is 0.825. The minimum atomic E-state index is 1.02. The fourth-order valence-electron chi connectivity index (χ4n) is 4.10. The number of rotatable bonds is 5. The largest absolute Gasteiger partial charge is 0.368 e. The third-order valence-corrected chi connectivity index (χ3v) is 5.42. The van der Waals surface area contributed by atoms with E-state index in [0.29, 0.717) is 0 Å². The second-order valence-corrected chi connectivity index (χ2v) is 7.09. The van der Waals surface area contributed by atoms with Crippen molar-refractivity contribution in [3.05, 3.63) is 48.8 Å². The van der Waals surface area contributed by atoms with Crippen LogP contribution < -0.4 is 9.80 Å². The van der Waals surface area contributed by atoms with Gasteiger partial charge in [0.15, 0.2) is 0 Å². The Morgan fingerprint density at radius 1 is 0.800 bits per heavy atom. The third kappa shape index (κ3) is 3.79. The fourth-order valence-corrected chi connectivity index (χ4v) is 4.10. The molecule has 0 unspecified atom stereocenters. The predicted octanol–water partition coefficient (Wildman–Crippen LogP) is 3.92. The smallest absolute Gasteiger partial charge is 0.0649 e. The molecule has 0 radical (unpaired) electrons. The highest BCUT2D eigenvalue weighted by Gasteiger charge is 2.23. The van der Waals surface area contributed by atoms with Crippen LogP contribution in [0.2, 0.25) is 0 Å². The molecular weight excluding hydrogens is 308 g/mol. The predicted molar refractivity (Wildman–Crippen MR) is 105 cm³/mol. The Labute approximate surface area is 151 Å². The molecule has 1 aromatic heterocycles. The molecule has 132 valence electrons. The molecular formula is C21H28N4. The van der Waals surface area contributed by atoms with Crippen LogP contribution in [0.4, 0.5) is 17.1 Å². The van der Waals surface area contributed by atoms with E-state index in [1.165, 1.54) is 62.4 Å². The molecule has 4 rings (SSSR count). The number of aromatic nitrogens is 1. The highest BCUT2D eigenvalue weighted by atomic mass is 15.3. The molecule has 4 heteroatoms. The lowest BCUT2D eigenvalue weighted by Gasteiger charge is -2.39. The molecule has 1 fully saturated rings. The first-order valence-electron chi connectivity index (χ1n) is 9.66. The van der Waals surface area contributed by atoms with Crippen LogP contribution in [-0.2, 0) is 0 Å². The molecule has 0 spiro atoms. The highest BCUT2D eigenvalue weighted by Crippen LogP contribution is 2.37. The van der Waals surface area contributed by atoms with Gasteiger partial charge >= 0.3 is 0 Å². The van der Waals surface area contributed by atoms with Gasteiger partial charge in [-0.05, 0) is 63.2 Å². The number of fused-ring (bicyclic) bond motifs is 1. The number of nitrogens with zero attached hydrogens (tertiary/aromatic N) is 4. The van der Waals surface area contributed by atoms with E-state index in [1.54, 1.807) is 0 Å². The van der Waals surface area contributed by atoms with E-state index in [-0.39, 0.29) is 0 Å². The van der Waals surface area contributed by atoms with Gasteiger partial charge in [0.1, 0.15) is 0 Å². The van der Waals surface area contributed by atoms with Gasteiger partial charge in [0.2, 0.25) is 0 Å². The van der Waals surface area contributed by atoms with Crippen molar-refractivity contribution in [3.8, 4) is 0 Å². The summed E-state index contributed by atoms with van der Waals surface area (Å²) in [6, 6.07) is 13.0. The van der Waals surface area contributed by atoms with Crippen LogP contribution in [0.1, 0.15) is 25.7 Å². The first-order valence-corrected chi connectivity index (χ1v) is 9.66. The lowest BCUT2D eigenvalue weighted by molar-refractivity contribution is 0.227. The second-order valence-electron chi connectivity index (χ2n) is 7.09. The van der Waals surface area contributed by atoms with Gasteiger partial charge < -0.3 is 14.7 Å². The topological polar surface area (TPSA) is 22.6 Å². The van der Waals surface area contributed by atoms with Gasteiger partial charge in [-0.2, -0.15) is 0 Å². The van der Waals surface area contributed by atoms with Crippen molar-refractivity contribution in [1.29, 1.82) is 0 Å². The van der Waals surface area contributed by atoms with Gasteiger partial charge in [-0.1, -0.05) is 18.6 Å². The number of likely N-dealkylation sites (tertiary alicyclic amines) is 1. The summed E-state index contributed by atoms with van der Waals surface area (Å²) in [6.45, 7) is 7.08. The van der Waals surface area contributed by atoms with E-state index in [9.17, 15) is 0 Å². The number of hydrogen-bond donors (Lipinski definition) is 0. The number of benzene rings is 1. The van der Waals surface area contributed by atoms with E-state index in [0.717, 1.165) is 19.6 Å². The number of hydrogen-bond acceptors (Lipinski definition) is 4. The summed E-state index contributed by atoms with van der Waals surface area (Å²) in [5, 5.41) is 0. The molecule has 2 aromatic rings. The molecule has 0 amide bonds. The monoisotopic (exact) mass is 336 g/mol. The maximum atomic E-state index is 4.29. The SMILES string of the molecule is c1cncc(N2CCN(CCCN3CCCCC3)c3ccccc32)c1. The minimum Gasteiger partial charge on any atom is -0.368 e. The average Bonchev–Trinajstić information content (AvgIpc) is 2.69. The average molecular weight is 336 g/mol. The van der Waals surface area contributed by atoms with Crippen LogP contribution in [0.25, 0.3) is 0 Å². The summed E-state index contributed by atoms with van der Waals surface area (Å²) < 4.78 is 0. The Bertz CT molecular complexity index is 667. The molecule has 2 aliphatic heterocycles. The van der Waals surface area contributed by atoms with Gasteiger partial charge in [-0.3, -0.25) is 4.98 Å². The van der Waals surface area contributed by atoms with E-state index in [1.807, 2.05) is 18.5 Å². The van der Waals surface area contributed by atoms with Gasteiger partial charge in [0.05, 0.1) is 23.3 Å². The van der Waals surface area contributed by atoms with E-state index in [2.05, 4.69) is 50.0 Å². The van der Waals surface area contributed by atoms with Crippen LogP contribution in [-0.4, -0.2) is 49.2 Å². The lowest BCUT2D eigenvalue weighted by Crippen LogP contribution is -2.40. The molecule has 0 saturated carbocycles. The van der Waals surface area contributed by atoms with Crippen molar-refractivity contribution >= 4 is 17.1 Å². The molecule has 4 nitrogen and oxygen atoms in total. The van der Waals surface area contributed by atoms with Crippen molar-refractivity contribution in [1.82, 2.24) is 9.88 Å². The Balaban J connectivity index is 1.43. The summed E-state index contributed by atoms with van der Waals surface area (Å²) in [4.78, 5) is 11.9. The first-order chi connectivity index (χ1) is 12.4. The van der Waals surface area contributed by atoms with E-state index >= 15 is 0 Å². The van der Waals surface area contributed by atoms with Crippen molar-refractivity contribution in [2.24, 2.45) is 0 Å². The Morgan fingerprint density at radius 2 is 1.64 bits per heavy atom. The standard InChI is InChI=1S/C21H28N4/c1-4-12-23(13-5-1)14-7-15-24-16-17-25(19-8-6-11-22-18-19)21-10-3-2-9-20(21)24/h2-3,6,8-11,18H,1,4-5,7,12-17H2. The van der Waals surface area contributed by atoms with Gasteiger partial charge in [-0.15, -0.1) is 0 Å². The summed E-state index contributed by atoms with van der Waals surface area (Å²) in [5.41, 5.74) is 3.85. The first kappa shape index (κ1) is 16.4. The normalized spacial score (nSPS) is 18.2. The zero-order valence-corrected chi connectivity index (χ0v) is 15.0. The molecule has 25 heavy (non-hydrogen) atoms. The van der Waals surface area contributed by atoms with Crippen LogP contribution >= 0.6 is 0 Å². The number of piperidine rings is 1. The highest BCUT2D eigenvalue weighted by molar-refractivity contribution is 5.79. The molecule has 3 heterocycles. The van der Waals surface area contributed by atoms with E-state index < -0.39 is 0 Å². The molecule has 0 bridgehead atoms. The summed E-state index contributed by atoms with van der Waals surface area (Å²) >= 11 is 0. The van der Waals surface area contributed by atoms with Crippen LogP contribution in [0.5, 0.6) is 0 Å². The molecule has 2 aliphatic rings. The number of anilines is 3. The molecule has 0 aliphatic carbocycles. The minimum absolute atomic E-state index is 1.02. The van der Waals surface area contributed by atoms with Crippen molar-refractivity contribution < 1.29 is 0 Å². The number of pyridine rings is 1. The van der Waals surface area contributed by atoms with Gasteiger partial charge in [-0.25, -0.2) is 0 Å². The Hall–Kier alpha value is -2.07. The molecule has 0 atom stereocenters. The second kappa shape index (κ2) is 7.87. The molecule has 0 N–H and O–H groups in total. The Kier molecular flexibility index (Phi) is 5.17. The van der Waals surface area contributed by atoms with Crippen molar-refractivity contribution in [2.75, 3.05) is 49.1 Å². The summed E-state index contributed by atoms with van der Waals surface area (Å²) in [5.74, 6) is 0. The lowest BCUT2D eigenvalue weighted by atomic mass is 10.1. The zero-order chi connectivity index (χ0) is 16.9. The van der Waals surface area contributed by atoms with Crippen LogP contribution in [0, 0.1) is 0 Å². The fraction of sp³-hybridized carbons (Fsp3) is 0.476. The summed E-state index contributed by atoms with van der Waals surface area (Å²) in [7, 11) is 0. The maximum Gasteiger partial charge on any atom is 0.0649 e. The van der Waals surface area contributed by atoms with Crippen LogP contribution in [0.3, 0.4) is 0 Å². The van der Waals surface area contributed by atoms with E-state index in [4.69, 9.17) is 0 Å². The maximum absolute atomic E-state index is 4.29. The summed E-state index contributed by atoms with van der Waals surface area (Å²) in [6.07, 6.45) is 9.23.